The van der Waals surface area contributed by atoms with Crippen LogP contribution in [0.2, 0.25) is 0 Å². The summed E-state index contributed by atoms with van der Waals surface area (Å²) < 4.78 is 31.0. The molecule has 0 unspecified atom stereocenters. The number of hydrogen-bond acceptors (Lipinski definition) is 3. The van der Waals surface area contributed by atoms with Crippen molar-refractivity contribution in [3.8, 4) is 5.75 Å². The molecule has 1 aromatic carbocycles. The fraction of sp³-hybridized carbons (Fsp3) is 0.417. The monoisotopic (exact) mass is 256 g/mol. The van der Waals surface area contributed by atoms with Crippen molar-refractivity contribution in [3.63, 3.8) is 0 Å². The molecule has 1 aromatic rings. The number of rotatable bonds is 3. The molecule has 0 atom stereocenters. The molecule has 1 amide bonds. The quantitative estimate of drug-likeness (QED) is 0.868. The van der Waals surface area contributed by atoms with Crippen LogP contribution in [-0.4, -0.2) is 43.6 Å². The third-order valence-electron chi connectivity index (χ3n) is 2.71. The summed E-state index contributed by atoms with van der Waals surface area (Å²) in [5.41, 5.74) is 0. The summed E-state index contributed by atoms with van der Waals surface area (Å²) in [5, 5.41) is 3.12. The normalized spacial score (nSPS) is 15.6. The molecule has 18 heavy (non-hydrogen) atoms. The third kappa shape index (κ3) is 3.16. The van der Waals surface area contributed by atoms with Crippen molar-refractivity contribution in [2.45, 2.75) is 0 Å². The second-order valence-electron chi connectivity index (χ2n) is 3.99. The van der Waals surface area contributed by atoms with Crippen LogP contribution in [0.25, 0.3) is 0 Å². The van der Waals surface area contributed by atoms with Crippen LogP contribution in [0.3, 0.4) is 0 Å². The van der Waals surface area contributed by atoms with Gasteiger partial charge in [0.1, 0.15) is 5.82 Å². The van der Waals surface area contributed by atoms with Crippen LogP contribution < -0.4 is 10.1 Å². The fourth-order valence-electron chi connectivity index (χ4n) is 1.74. The van der Waals surface area contributed by atoms with Crippen molar-refractivity contribution >= 4 is 5.91 Å². The molecule has 1 aliphatic rings. The van der Waals surface area contributed by atoms with Gasteiger partial charge in [-0.1, -0.05) is 0 Å². The molecule has 6 heteroatoms. The Balaban J connectivity index is 1.88. The molecule has 1 aliphatic heterocycles. The van der Waals surface area contributed by atoms with Gasteiger partial charge >= 0.3 is 0 Å². The van der Waals surface area contributed by atoms with E-state index >= 15 is 0 Å². The zero-order chi connectivity index (χ0) is 13.0. The molecule has 98 valence electrons. The zero-order valence-electron chi connectivity index (χ0n) is 9.79. The Morgan fingerprint density at radius 3 is 2.72 bits per heavy atom. The lowest BCUT2D eigenvalue weighted by atomic mass is 10.3. The highest BCUT2D eigenvalue weighted by Gasteiger charge is 2.17. The highest BCUT2D eigenvalue weighted by atomic mass is 19.1. The van der Waals surface area contributed by atoms with Gasteiger partial charge in [0.25, 0.3) is 5.91 Å². The van der Waals surface area contributed by atoms with Crippen LogP contribution in [-0.2, 0) is 4.79 Å². The first-order valence-electron chi connectivity index (χ1n) is 5.73. The Hall–Kier alpha value is -1.69. The molecule has 0 bridgehead atoms. The van der Waals surface area contributed by atoms with E-state index in [1.165, 1.54) is 6.07 Å². The first-order valence-corrected chi connectivity index (χ1v) is 5.73. The van der Waals surface area contributed by atoms with Gasteiger partial charge in [0.15, 0.2) is 18.2 Å². The fourth-order valence-corrected chi connectivity index (χ4v) is 1.74. The van der Waals surface area contributed by atoms with Crippen molar-refractivity contribution in [2.75, 3.05) is 32.8 Å². The van der Waals surface area contributed by atoms with Crippen molar-refractivity contribution in [2.24, 2.45) is 0 Å². The van der Waals surface area contributed by atoms with Gasteiger partial charge in [0.05, 0.1) is 0 Å². The number of carbonyl (C=O) groups is 1. The standard InChI is InChI=1S/C12H14F2N2O2/c13-9-1-2-11(10(14)7-9)18-8-12(17)16-5-3-15-4-6-16/h1-2,7,15H,3-6,8H2. The number of halogens is 2. The Morgan fingerprint density at radius 1 is 1.33 bits per heavy atom. The van der Waals surface area contributed by atoms with Crippen molar-refractivity contribution in [1.82, 2.24) is 10.2 Å². The molecule has 4 nitrogen and oxygen atoms in total. The highest BCUT2D eigenvalue weighted by Crippen LogP contribution is 2.17. The summed E-state index contributed by atoms with van der Waals surface area (Å²) in [4.78, 5) is 13.4. The lowest BCUT2D eigenvalue weighted by Gasteiger charge is -2.27. The number of nitrogens with zero attached hydrogens (tertiary/aromatic N) is 1. The van der Waals surface area contributed by atoms with E-state index in [0.29, 0.717) is 13.1 Å². The van der Waals surface area contributed by atoms with Gasteiger partial charge in [0.2, 0.25) is 0 Å². The van der Waals surface area contributed by atoms with Crippen LogP contribution >= 0.6 is 0 Å². The van der Waals surface area contributed by atoms with E-state index in [-0.39, 0.29) is 18.3 Å². The second kappa shape index (κ2) is 5.77. The Labute approximate surface area is 104 Å². The van der Waals surface area contributed by atoms with Crippen molar-refractivity contribution < 1.29 is 18.3 Å². The van der Waals surface area contributed by atoms with Gasteiger partial charge in [0, 0.05) is 32.2 Å². The van der Waals surface area contributed by atoms with Crippen molar-refractivity contribution in [3.05, 3.63) is 29.8 Å². The average molecular weight is 256 g/mol. The number of carbonyl (C=O) groups excluding carboxylic acids is 1. The summed E-state index contributed by atoms with van der Waals surface area (Å²) >= 11 is 0. The summed E-state index contributed by atoms with van der Waals surface area (Å²) in [6.45, 7) is 2.50. The molecule has 1 saturated heterocycles. The van der Waals surface area contributed by atoms with E-state index in [9.17, 15) is 13.6 Å². The average Bonchev–Trinajstić information content (AvgIpc) is 2.38. The van der Waals surface area contributed by atoms with Crippen molar-refractivity contribution in [1.29, 1.82) is 0 Å². The van der Waals surface area contributed by atoms with E-state index in [4.69, 9.17) is 4.74 Å². The molecule has 0 aromatic heterocycles. The van der Waals surface area contributed by atoms with E-state index < -0.39 is 11.6 Å². The predicted molar refractivity (Wildman–Crippen MR) is 61.3 cm³/mol. The maximum atomic E-state index is 13.2. The maximum Gasteiger partial charge on any atom is 0.260 e. The smallest absolute Gasteiger partial charge is 0.260 e. The molecular weight excluding hydrogens is 242 g/mol. The lowest BCUT2D eigenvalue weighted by molar-refractivity contribution is -0.133. The number of benzene rings is 1. The van der Waals surface area contributed by atoms with Gasteiger partial charge in [-0.05, 0) is 12.1 Å². The molecule has 0 aliphatic carbocycles. The topological polar surface area (TPSA) is 41.6 Å². The molecule has 0 radical (unpaired) electrons. The Bertz CT molecular complexity index is 434. The largest absolute Gasteiger partial charge is 0.481 e. The van der Waals surface area contributed by atoms with Crippen LogP contribution in [0.4, 0.5) is 8.78 Å². The summed E-state index contributed by atoms with van der Waals surface area (Å²) in [5.74, 6) is -1.78. The minimum absolute atomic E-state index is 0.111. The summed E-state index contributed by atoms with van der Waals surface area (Å²) in [7, 11) is 0. The molecule has 1 N–H and O–H groups in total. The van der Waals surface area contributed by atoms with E-state index in [1.807, 2.05) is 0 Å². The Morgan fingerprint density at radius 2 is 2.06 bits per heavy atom. The van der Waals surface area contributed by atoms with E-state index in [1.54, 1.807) is 4.90 Å². The van der Waals surface area contributed by atoms with Crippen LogP contribution in [0.15, 0.2) is 18.2 Å². The van der Waals surface area contributed by atoms with Gasteiger partial charge < -0.3 is 15.0 Å². The van der Waals surface area contributed by atoms with Gasteiger partial charge in [-0.3, -0.25) is 4.79 Å². The van der Waals surface area contributed by atoms with Gasteiger partial charge in [-0.25, -0.2) is 8.78 Å². The summed E-state index contributed by atoms with van der Waals surface area (Å²) in [6.07, 6.45) is 0. The number of piperazine rings is 1. The lowest BCUT2D eigenvalue weighted by Crippen LogP contribution is -2.47. The van der Waals surface area contributed by atoms with Gasteiger partial charge in [-0.2, -0.15) is 0 Å². The number of nitrogens with one attached hydrogen (secondary N) is 1. The highest BCUT2D eigenvalue weighted by molar-refractivity contribution is 5.77. The second-order valence-corrected chi connectivity index (χ2v) is 3.99. The number of ether oxygens (including phenoxy) is 1. The van der Waals surface area contributed by atoms with Crippen LogP contribution in [0.1, 0.15) is 0 Å². The minimum Gasteiger partial charge on any atom is -0.481 e. The molecular formula is C12H14F2N2O2. The molecule has 1 fully saturated rings. The predicted octanol–water partition coefficient (Wildman–Crippen LogP) is 0.775. The summed E-state index contributed by atoms with van der Waals surface area (Å²) in [6, 6.07) is 2.99. The molecule has 0 saturated carbocycles. The minimum atomic E-state index is -0.803. The SMILES string of the molecule is O=C(COc1ccc(F)cc1F)N1CCNCC1. The molecule has 0 spiro atoms. The van der Waals surface area contributed by atoms with Crippen LogP contribution in [0.5, 0.6) is 5.75 Å². The third-order valence-corrected chi connectivity index (χ3v) is 2.71. The van der Waals surface area contributed by atoms with Gasteiger partial charge in [-0.15, -0.1) is 0 Å². The first-order chi connectivity index (χ1) is 8.66. The van der Waals surface area contributed by atoms with Crippen LogP contribution in [0, 0.1) is 11.6 Å². The van der Waals surface area contributed by atoms with E-state index in [2.05, 4.69) is 5.32 Å². The first kappa shape index (κ1) is 12.8. The maximum absolute atomic E-state index is 13.2. The molecule has 1 heterocycles. The number of hydrogen-bond donors (Lipinski definition) is 1. The Kier molecular flexibility index (Phi) is 4.09. The number of amides is 1. The van der Waals surface area contributed by atoms with E-state index in [0.717, 1.165) is 25.2 Å². The molecule has 2 rings (SSSR count). The zero-order valence-corrected chi connectivity index (χ0v) is 9.79.